The van der Waals surface area contributed by atoms with Crippen LogP contribution in [0.4, 0.5) is 11.4 Å². The fourth-order valence-corrected chi connectivity index (χ4v) is 4.51. The lowest BCUT2D eigenvalue weighted by Crippen LogP contribution is -2.39. The molecule has 10 heteroatoms. The SMILES string of the molecule is CC(C)C1CCN(S(=O)(=O)c2ccc([N+](=O)[O-])cc2[N+](=O)[O-])CC1. The van der Waals surface area contributed by atoms with E-state index in [4.69, 9.17) is 0 Å². The zero-order valence-electron chi connectivity index (χ0n) is 13.4. The van der Waals surface area contributed by atoms with Crippen molar-refractivity contribution in [2.24, 2.45) is 11.8 Å². The van der Waals surface area contributed by atoms with E-state index in [1.54, 1.807) is 0 Å². The lowest BCUT2D eigenvalue weighted by Gasteiger charge is -2.32. The summed E-state index contributed by atoms with van der Waals surface area (Å²) in [5.41, 5.74) is -1.28. The summed E-state index contributed by atoms with van der Waals surface area (Å²) in [6.45, 7) is 4.74. The van der Waals surface area contributed by atoms with Gasteiger partial charge in [0.15, 0.2) is 4.90 Å². The number of nitro benzene ring substituents is 2. The second kappa shape index (κ2) is 6.81. The average molecular weight is 357 g/mol. The van der Waals surface area contributed by atoms with Crippen molar-refractivity contribution in [2.75, 3.05) is 13.1 Å². The van der Waals surface area contributed by atoms with Crippen LogP contribution in [0, 0.1) is 32.1 Å². The third kappa shape index (κ3) is 3.54. The van der Waals surface area contributed by atoms with Crippen LogP contribution in [0.1, 0.15) is 26.7 Å². The molecule has 0 amide bonds. The summed E-state index contributed by atoms with van der Waals surface area (Å²) in [4.78, 5) is 19.7. The summed E-state index contributed by atoms with van der Waals surface area (Å²) in [5, 5.41) is 21.9. The van der Waals surface area contributed by atoms with Crippen molar-refractivity contribution in [3.05, 3.63) is 38.4 Å². The molecule has 9 nitrogen and oxygen atoms in total. The largest absolute Gasteiger partial charge is 0.296 e. The molecule has 2 rings (SSSR count). The Bertz CT molecular complexity index is 754. The smallest absolute Gasteiger partial charge is 0.258 e. The third-order valence-corrected chi connectivity index (χ3v) is 6.36. The molecule has 1 heterocycles. The predicted molar refractivity (Wildman–Crippen MR) is 86.1 cm³/mol. The van der Waals surface area contributed by atoms with Crippen LogP contribution in [0.15, 0.2) is 23.1 Å². The summed E-state index contributed by atoms with van der Waals surface area (Å²) >= 11 is 0. The maximum Gasteiger partial charge on any atom is 0.296 e. The molecule has 0 spiro atoms. The Balaban J connectivity index is 2.36. The Morgan fingerprint density at radius 2 is 1.71 bits per heavy atom. The van der Waals surface area contributed by atoms with E-state index >= 15 is 0 Å². The Hall–Kier alpha value is -2.07. The van der Waals surface area contributed by atoms with Gasteiger partial charge in [0.05, 0.1) is 15.9 Å². The first kappa shape index (κ1) is 18.3. The van der Waals surface area contributed by atoms with E-state index in [9.17, 15) is 28.6 Å². The highest BCUT2D eigenvalue weighted by Gasteiger charge is 2.35. The van der Waals surface area contributed by atoms with E-state index in [1.807, 2.05) is 0 Å². The van der Waals surface area contributed by atoms with Crippen LogP contribution in [0.3, 0.4) is 0 Å². The van der Waals surface area contributed by atoms with Crippen LogP contribution in [-0.4, -0.2) is 35.7 Å². The van der Waals surface area contributed by atoms with Crippen molar-refractivity contribution < 1.29 is 18.3 Å². The number of sulfonamides is 1. The van der Waals surface area contributed by atoms with Crippen LogP contribution < -0.4 is 0 Å². The zero-order valence-corrected chi connectivity index (χ0v) is 14.2. The molecule has 0 radical (unpaired) electrons. The summed E-state index contributed by atoms with van der Waals surface area (Å²) in [6.07, 6.45) is 1.38. The van der Waals surface area contributed by atoms with E-state index in [-0.39, 0.29) is 0 Å². The average Bonchev–Trinajstić information content (AvgIpc) is 2.54. The molecule has 0 unspecified atom stereocenters. The Labute approximate surface area is 139 Å². The molecular weight excluding hydrogens is 338 g/mol. The molecule has 1 aromatic rings. The summed E-state index contributed by atoms with van der Waals surface area (Å²) in [7, 11) is -4.06. The van der Waals surface area contributed by atoms with Gasteiger partial charge in [0, 0.05) is 19.2 Å². The Morgan fingerprint density at radius 3 is 2.17 bits per heavy atom. The minimum absolute atomic E-state index is 0.291. The molecule has 0 saturated carbocycles. The van der Waals surface area contributed by atoms with Crippen molar-refractivity contribution >= 4 is 21.4 Å². The topological polar surface area (TPSA) is 124 Å². The summed E-state index contributed by atoms with van der Waals surface area (Å²) in [5.74, 6) is 0.867. The normalized spacial score (nSPS) is 17.1. The van der Waals surface area contributed by atoms with Gasteiger partial charge in [0.25, 0.3) is 11.4 Å². The second-order valence-corrected chi connectivity index (χ2v) is 8.06. The molecule has 1 saturated heterocycles. The number of rotatable bonds is 5. The lowest BCUT2D eigenvalue weighted by molar-refractivity contribution is -0.396. The first-order chi connectivity index (χ1) is 11.1. The summed E-state index contributed by atoms with van der Waals surface area (Å²) < 4.78 is 26.7. The zero-order chi connectivity index (χ0) is 18.1. The molecule has 24 heavy (non-hydrogen) atoms. The second-order valence-electron chi connectivity index (χ2n) is 6.15. The van der Waals surface area contributed by atoms with E-state index in [0.29, 0.717) is 43.8 Å². The van der Waals surface area contributed by atoms with Crippen molar-refractivity contribution in [1.29, 1.82) is 0 Å². The molecule has 0 atom stereocenters. The number of hydrogen-bond donors (Lipinski definition) is 0. The van der Waals surface area contributed by atoms with Gasteiger partial charge < -0.3 is 0 Å². The number of hydrogen-bond acceptors (Lipinski definition) is 6. The standard InChI is InChI=1S/C14H19N3O6S/c1-10(2)11-5-7-15(8-6-11)24(22,23)14-4-3-12(16(18)19)9-13(14)17(20)21/h3-4,9-11H,5-8H2,1-2H3. The van der Waals surface area contributed by atoms with E-state index in [1.165, 1.54) is 4.31 Å². The number of piperidine rings is 1. The Morgan fingerprint density at radius 1 is 1.12 bits per heavy atom. The third-order valence-electron chi connectivity index (χ3n) is 4.41. The molecule has 1 aliphatic heterocycles. The molecule has 0 N–H and O–H groups in total. The van der Waals surface area contributed by atoms with E-state index < -0.39 is 36.1 Å². The van der Waals surface area contributed by atoms with Gasteiger partial charge in [-0.05, 0) is 30.7 Å². The Kier molecular flexibility index (Phi) is 5.19. The van der Waals surface area contributed by atoms with Gasteiger partial charge in [-0.15, -0.1) is 0 Å². The molecule has 1 aromatic carbocycles. The first-order valence-corrected chi connectivity index (χ1v) is 9.01. The quantitative estimate of drug-likeness (QED) is 0.589. The van der Waals surface area contributed by atoms with Crippen LogP contribution in [0.2, 0.25) is 0 Å². The summed E-state index contributed by atoms with van der Waals surface area (Å²) in [6, 6.07) is 2.61. The number of nitro groups is 2. The van der Waals surface area contributed by atoms with Gasteiger partial charge >= 0.3 is 0 Å². The molecule has 132 valence electrons. The highest BCUT2D eigenvalue weighted by atomic mass is 32.2. The van der Waals surface area contributed by atoms with Gasteiger partial charge in [-0.1, -0.05) is 13.8 Å². The van der Waals surface area contributed by atoms with E-state index in [2.05, 4.69) is 13.8 Å². The van der Waals surface area contributed by atoms with Crippen LogP contribution in [0.25, 0.3) is 0 Å². The number of non-ortho nitro benzene ring substituents is 1. The fraction of sp³-hybridized carbons (Fsp3) is 0.571. The maximum absolute atomic E-state index is 12.7. The highest BCUT2D eigenvalue weighted by Crippen LogP contribution is 2.33. The van der Waals surface area contributed by atoms with Crippen LogP contribution in [0.5, 0.6) is 0 Å². The van der Waals surface area contributed by atoms with Gasteiger partial charge in [-0.2, -0.15) is 4.31 Å². The van der Waals surface area contributed by atoms with Crippen molar-refractivity contribution in [3.8, 4) is 0 Å². The molecule has 0 aliphatic carbocycles. The molecule has 1 aliphatic rings. The predicted octanol–water partition coefficient (Wildman–Crippen LogP) is 2.56. The van der Waals surface area contributed by atoms with Crippen molar-refractivity contribution in [3.63, 3.8) is 0 Å². The van der Waals surface area contributed by atoms with Gasteiger partial charge in [-0.3, -0.25) is 20.2 Å². The molecular formula is C14H19N3O6S. The fourth-order valence-electron chi connectivity index (χ4n) is 2.90. The van der Waals surface area contributed by atoms with Crippen molar-refractivity contribution in [2.45, 2.75) is 31.6 Å². The monoisotopic (exact) mass is 357 g/mol. The van der Waals surface area contributed by atoms with E-state index in [0.717, 1.165) is 12.1 Å². The van der Waals surface area contributed by atoms with Crippen LogP contribution in [-0.2, 0) is 10.0 Å². The minimum Gasteiger partial charge on any atom is -0.258 e. The molecule has 1 fully saturated rings. The minimum atomic E-state index is -4.06. The van der Waals surface area contributed by atoms with Crippen molar-refractivity contribution in [1.82, 2.24) is 4.31 Å². The maximum atomic E-state index is 12.7. The number of benzene rings is 1. The van der Waals surface area contributed by atoms with Crippen LogP contribution >= 0.6 is 0 Å². The highest BCUT2D eigenvalue weighted by molar-refractivity contribution is 7.89. The molecule has 0 bridgehead atoms. The first-order valence-electron chi connectivity index (χ1n) is 7.57. The van der Waals surface area contributed by atoms with Gasteiger partial charge in [0.2, 0.25) is 10.0 Å². The van der Waals surface area contributed by atoms with Gasteiger partial charge in [0.1, 0.15) is 0 Å². The molecule has 0 aromatic heterocycles. The number of nitrogens with zero attached hydrogens (tertiary/aromatic N) is 3. The van der Waals surface area contributed by atoms with Gasteiger partial charge in [-0.25, -0.2) is 8.42 Å². The lowest BCUT2D eigenvalue weighted by atomic mass is 9.87.